The highest BCUT2D eigenvalue weighted by Gasteiger charge is 2.14. The number of rotatable bonds is 6. The SMILES string of the molecule is CCCCc1ccc(C(=O)C(C)C)c(C=O)c1. The average molecular weight is 232 g/mol. The van der Waals surface area contributed by atoms with E-state index in [2.05, 4.69) is 6.92 Å². The fourth-order valence-electron chi connectivity index (χ4n) is 1.78. The van der Waals surface area contributed by atoms with Gasteiger partial charge in [0.1, 0.15) is 0 Å². The van der Waals surface area contributed by atoms with Crippen molar-refractivity contribution in [3.8, 4) is 0 Å². The molecule has 0 bridgehead atoms. The zero-order valence-electron chi connectivity index (χ0n) is 10.8. The third kappa shape index (κ3) is 3.52. The summed E-state index contributed by atoms with van der Waals surface area (Å²) in [5.41, 5.74) is 2.21. The van der Waals surface area contributed by atoms with Crippen LogP contribution in [0.1, 0.15) is 59.9 Å². The van der Waals surface area contributed by atoms with E-state index in [4.69, 9.17) is 0 Å². The molecule has 1 aromatic carbocycles. The van der Waals surface area contributed by atoms with Crippen LogP contribution in [0, 0.1) is 5.92 Å². The average Bonchev–Trinajstić information content (AvgIpc) is 2.34. The van der Waals surface area contributed by atoms with Crippen molar-refractivity contribution in [2.24, 2.45) is 5.92 Å². The van der Waals surface area contributed by atoms with Gasteiger partial charge < -0.3 is 0 Å². The lowest BCUT2D eigenvalue weighted by Gasteiger charge is -2.09. The van der Waals surface area contributed by atoms with Crippen LogP contribution in [0.25, 0.3) is 0 Å². The number of ketones is 1. The molecular formula is C15H20O2. The first-order valence-electron chi connectivity index (χ1n) is 6.22. The minimum atomic E-state index is -0.0739. The lowest BCUT2D eigenvalue weighted by molar-refractivity contribution is 0.0934. The van der Waals surface area contributed by atoms with Crippen molar-refractivity contribution in [3.63, 3.8) is 0 Å². The van der Waals surface area contributed by atoms with Gasteiger partial charge in [-0.2, -0.15) is 0 Å². The molecule has 0 spiro atoms. The van der Waals surface area contributed by atoms with Crippen molar-refractivity contribution >= 4 is 12.1 Å². The van der Waals surface area contributed by atoms with Gasteiger partial charge in [0.2, 0.25) is 0 Å². The molecule has 0 saturated heterocycles. The molecule has 0 unspecified atom stereocenters. The Labute approximate surface area is 103 Å². The van der Waals surface area contributed by atoms with E-state index < -0.39 is 0 Å². The van der Waals surface area contributed by atoms with Gasteiger partial charge in [0.05, 0.1) is 0 Å². The van der Waals surface area contributed by atoms with Crippen LogP contribution in [0.4, 0.5) is 0 Å². The summed E-state index contributed by atoms with van der Waals surface area (Å²) in [6.07, 6.45) is 3.98. The van der Waals surface area contributed by atoms with Crippen molar-refractivity contribution in [2.45, 2.75) is 40.0 Å². The lowest BCUT2D eigenvalue weighted by Crippen LogP contribution is -2.10. The maximum absolute atomic E-state index is 11.9. The Kier molecular flexibility index (Phi) is 5.08. The second-order valence-corrected chi connectivity index (χ2v) is 4.66. The summed E-state index contributed by atoms with van der Waals surface area (Å²) >= 11 is 0. The van der Waals surface area contributed by atoms with Gasteiger partial charge in [-0.3, -0.25) is 9.59 Å². The fraction of sp³-hybridized carbons (Fsp3) is 0.467. The molecule has 0 N–H and O–H groups in total. The third-order valence-corrected chi connectivity index (χ3v) is 2.85. The van der Waals surface area contributed by atoms with Crippen LogP contribution in [0.2, 0.25) is 0 Å². The largest absolute Gasteiger partial charge is 0.298 e. The third-order valence-electron chi connectivity index (χ3n) is 2.85. The van der Waals surface area contributed by atoms with Crippen LogP contribution in [0.3, 0.4) is 0 Å². The molecule has 0 aliphatic carbocycles. The standard InChI is InChI=1S/C15H20O2/c1-4-5-6-12-7-8-14(13(9-12)10-16)15(17)11(2)3/h7-11H,4-6H2,1-3H3. The lowest BCUT2D eigenvalue weighted by atomic mass is 9.94. The molecular weight excluding hydrogens is 212 g/mol. The van der Waals surface area contributed by atoms with Gasteiger partial charge in [0.25, 0.3) is 0 Å². The first-order valence-corrected chi connectivity index (χ1v) is 6.22. The molecule has 0 heterocycles. The van der Waals surface area contributed by atoms with Gasteiger partial charge >= 0.3 is 0 Å². The van der Waals surface area contributed by atoms with Crippen LogP contribution in [-0.4, -0.2) is 12.1 Å². The molecule has 0 radical (unpaired) electrons. The van der Waals surface area contributed by atoms with Crippen molar-refractivity contribution in [3.05, 3.63) is 34.9 Å². The molecule has 0 saturated carbocycles. The van der Waals surface area contributed by atoms with Gasteiger partial charge in [0.15, 0.2) is 12.1 Å². The molecule has 2 heteroatoms. The minimum absolute atomic E-state index is 0.0362. The number of carbonyl (C=O) groups is 2. The summed E-state index contributed by atoms with van der Waals surface area (Å²) in [5, 5.41) is 0. The number of Topliss-reactive ketones (excluding diaryl/α,β-unsaturated/α-hetero) is 1. The molecule has 1 rings (SSSR count). The highest BCUT2D eigenvalue weighted by molar-refractivity contribution is 6.03. The zero-order valence-corrected chi connectivity index (χ0v) is 10.8. The van der Waals surface area contributed by atoms with Crippen LogP contribution >= 0.6 is 0 Å². The van der Waals surface area contributed by atoms with E-state index in [1.807, 2.05) is 26.0 Å². The summed E-state index contributed by atoms with van der Waals surface area (Å²) in [5.74, 6) is -0.0377. The Morgan fingerprint density at radius 1 is 1.35 bits per heavy atom. The number of hydrogen-bond acceptors (Lipinski definition) is 2. The predicted molar refractivity (Wildman–Crippen MR) is 69.6 cm³/mol. The van der Waals surface area contributed by atoms with Crippen LogP contribution in [-0.2, 0) is 6.42 Å². The molecule has 2 nitrogen and oxygen atoms in total. The quantitative estimate of drug-likeness (QED) is 0.554. The van der Waals surface area contributed by atoms with Crippen LogP contribution in [0.15, 0.2) is 18.2 Å². The van der Waals surface area contributed by atoms with Crippen LogP contribution in [0.5, 0.6) is 0 Å². The van der Waals surface area contributed by atoms with E-state index >= 15 is 0 Å². The first kappa shape index (κ1) is 13.6. The molecule has 0 fully saturated rings. The molecule has 0 aliphatic heterocycles. The second kappa shape index (κ2) is 6.33. The van der Waals surface area contributed by atoms with E-state index in [0.29, 0.717) is 11.1 Å². The van der Waals surface area contributed by atoms with E-state index in [1.54, 1.807) is 6.07 Å². The summed E-state index contributed by atoms with van der Waals surface area (Å²) < 4.78 is 0. The van der Waals surface area contributed by atoms with Gasteiger partial charge in [-0.05, 0) is 24.5 Å². The zero-order chi connectivity index (χ0) is 12.8. The fourth-order valence-corrected chi connectivity index (χ4v) is 1.78. The van der Waals surface area contributed by atoms with Crippen molar-refractivity contribution in [1.82, 2.24) is 0 Å². The number of aryl methyl sites for hydroxylation is 1. The van der Waals surface area contributed by atoms with Crippen molar-refractivity contribution in [1.29, 1.82) is 0 Å². The molecule has 17 heavy (non-hydrogen) atoms. The first-order chi connectivity index (χ1) is 8.10. The minimum Gasteiger partial charge on any atom is -0.298 e. The number of unbranched alkanes of at least 4 members (excludes halogenated alkanes) is 1. The van der Waals surface area contributed by atoms with Gasteiger partial charge in [-0.15, -0.1) is 0 Å². The number of hydrogen-bond donors (Lipinski definition) is 0. The van der Waals surface area contributed by atoms with Gasteiger partial charge in [-0.1, -0.05) is 39.3 Å². The smallest absolute Gasteiger partial charge is 0.166 e. The molecule has 92 valence electrons. The Morgan fingerprint density at radius 3 is 2.59 bits per heavy atom. The van der Waals surface area contributed by atoms with Crippen molar-refractivity contribution < 1.29 is 9.59 Å². The Balaban J connectivity index is 3.01. The number of aldehydes is 1. The van der Waals surface area contributed by atoms with E-state index in [1.165, 1.54) is 0 Å². The van der Waals surface area contributed by atoms with E-state index in [-0.39, 0.29) is 11.7 Å². The highest BCUT2D eigenvalue weighted by atomic mass is 16.1. The summed E-state index contributed by atoms with van der Waals surface area (Å²) in [6, 6.07) is 5.59. The van der Waals surface area contributed by atoms with Crippen LogP contribution < -0.4 is 0 Å². The molecule has 0 aliphatic rings. The topological polar surface area (TPSA) is 34.1 Å². The highest BCUT2D eigenvalue weighted by Crippen LogP contribution is 2.16. The Bertz CT molecular complexity index is 405. The summed E-state index contributed by atoms with van der Waals surface area (Å²) in [4.78, 5) is 22.9. The van der Waals surface area contributed by atoms with E-state index in [0.717, 1.165) is 31.1 Å². The van der Waals surface area contributed by atoms with E-state index in [9.17, 15) is 9.59 Å². The molecule has 0 amide bonds. The normalized spacial score (nSPS) is 10.6. The van der Waals surface area contributed by atoms with Gasteiger partial charge in [-0.25, -0.2) is 0 Å². The molecule has 0 atom stereocenters. The van der Waals surface area contributed by atoms with Gasteiger partial charge in [0, 0.05) is 17.0 Å². The summed E-state index contributed by atoms with van der Waals surface area (Å²) in [6.45, 7) is 5.83. The van der Waals surface area contributed by atoms with Crippen molar-refractivity contribution in [2.75, 3.05) is 0 Å². The molecule has 1 aromatic rings. The maximum atomic E-state index is 11.9. The predicted octanol–water partition coefficient (Wildman–Crippen LogP) is 3.68. The number of benzene rings is 1. The molecule has 0 aromatic heterocycles. The monoisotopic (exact) mass is 232 g/mol. The second-order valence-electron chi connectivity index (χ2n) is 4.66. The number of carbonyl (C=O) groups excluding carboxylic acids is 2. The maximum Gasteiger partial charge on any atom is 0.166 e. The summed E-state index contributed by atoms with van der Waals surface area (Å²) in [7, 11) is 0. The Morgan fingerprint density at radius 2 is 2.06 bits per heavy atom. The Hall–Kier alpha value is -1.44.